The SMILES string of the molecule is CCOc1ccccc1-n1nnc(-c2nc(-c3ccc(Cl)cc3)no2)c1N. The summed E-state index contributed by atoms with van der Waals surface area (Å²) in [4.78, 5) is 4.36. The fraction of sp³-hybridized carbons (Fsp3) is 0.111. The predicted molar refractivity (Wildman–Crippen MR) is 101 cm³/mol. The largest absolute Gasteiger partial charge is 0.492 e. The van der Waals surface area contributed by atoms with E-state index in [1.807, 2.05) is 31.2 Å². The van der Waals surface area contributed by atoms with Gasteiger partial charge in [0.1, 0.15) is 11.4 Å². The Hall–Kier alpha value is -3.39. The van der Waals surface area contributed by atoms with E-state index in [1.54, 1.807) is 24.3 Å². The molecule has 9 heteroatoms. The van der Waals surface area contributed by atoms with Crippen LogP contribution in [0.25, 0.3) is 28.7 Å². The lowest BCUT2D eigenvalue weighted by Gasteiger charge is -2.10. The quantitative estimate of drug-likeness (QED) is 0.562. The van der Waals surface area contributed by atoms with Crippen molar-refractivity contribution in [2.75, 3.05) is 12.3 Å². The summed E-state index contributed by atoms with van der Waals surface area (Å²) in [6, 6.07) is 14.5. The number of para-hydroxylation sites is 2. The van der Waals surface area contributed by atoms with E-state index in [4.69, 9.17) is 26.6 Å². The minimum Gasteiger partial charge on any atom is -0.492 e. The molecule has 0 amide bonds. The molecule has 2 aromatic heterocycles. The van der Waals surface area contributed by atoms with Gasteiger partial charge >= 0.3 is 0 Å². The second-order valence-electron chi connectivity index (χ2n) is 5.57. The van der Waals surface area contributed by atoms with Crippen molar-refractivity contribution >= 4 is 17.4 Å². The molecule has 0 bridgehead atoms. The summed E-state index contributed by atoms with van der Waals surface area (Å²) in [6.45, 7) is 2.43. The smallest absolute Gasteiger partial charge is 0.282 e. The van der Waals surface area contributed by atoms with Crippen LogP contribution in [-0.2, 0) is 0 Å². The van der Waals surface area contributed by atoms with Gasteiger partial charge in [-0.3, -0.25) is 0 Å². The number of halogens is 1. The highest BCUT2D eigenvalue weighted by atomic mass is 35.5. The summed E-state index contributed by atoms with van der Waals surface area (Å²) in [5, 5.41) is 12.8. The molecule has 0 aliphatic rings. The third-order valence-electron chi connectivity index (χ3n) is 3.83. The summed E-state index contributed by atoms with van der Waals surface area (Å²) in [5.41, 5.74) is 7.98. The molecule has 27 heavy (non-hydrogen) atoms. The van der Waals surface area contributed by atoms with Crippen LogP contribution in [0.2, 0.25) is 5.02 Å². The van der Waals surface area contributed by atoms with Gasteiger partial charge in [0, 0.05) is 10.6 Å². The number of anilines is 1. The Kier molecular flexibility index (Phi) is 4.47. The van der Waals surface area contributed by atoms with Crippen LogP contribution < -0.4 is 10.5 Å². The second-order valence-corrected chi connectivity index (χ2v) is 6.00. The Morgan fingerprint density at radius 2 is 1.93 bits per heavy atom. The lowest BCUT2D eigenvalue weighted by molar-refractivity contribution is 0.338. The molecule has 2 heterocycles. The number of hydrogen-bond donors (Lipinski definition) is 1. The van der Waals surface area contributed by atoms with Gasteiger partial charge in [0.2, 0.25) is 5.82 Å². The summed E-state index contributed by atoms with van der Waals surface area (Å²) >= 11 is 5.91. The van der Waals surface area contributed by atoms with E-state index in [0.717, 1.165) is 5.56 Å². The maximum Gasteiger partial charge on any atom is 0.282 e. The van der Waals surface area contributed by atoms with Crippen molar-refractivity contribution in [1.29, 1.82) is 0 Å². The fourth-order valence-corrected chi connectivity index (χ4v) is 2.69. The minimum atomic E-state index is 0.178. The molecule has 0 saturated heterocycles. The van der Waals surface area contributed by atoms with Gasteiger partial charge in [0.05, 0.1) is 6.61 Å². The van der Waals surface area contributed by atoms with Crippen LogP contribution in [0.1, 0.15) is 6.92 Å². The number of rotatable bonds is 5. The average molecular weight is 383 g/mol. The molecular weight excluding hydrogens is 368 g/mol. The number of nitrogen functional groups attached to an aromatic ring is 1. The maximum atomic E-state index is 6.24. The topological polar surface area (TPSA) is 105 Å². The number of benzene rings is 2. The molecule has 136 valence electrons. The van der Waals surface area contributed by atoms with E-state index in [-0.39, 0.29) is 11.7 Å². The highest BCUT2D eigenvalue weighted by Crippen LogP contribution is 2.30. The Morgan fingerprint density at radius 1 is 1.15 bits per heavy atom. The number of nitrogens with two attached hydrogens (primary N) is 1. The molecule has 0 spiro atoms. The van der Waals surface area contributed by atoms with Crippen molar-refractivity contribution in [2.24, 2.45) is 0 Å². The zero-order valence-electron chi connectivity index (χ0n) is 14.3. The number of ether oxygens (including phenoxy) is 1. The van der Waals surface area contributed by atoms with Gasteiger partial charge in [-0.05, 0) is 43.3 Å². The zero-order valence-corrected chi connectivity index (χ0v) is 15.1. The molecule has 4 rings (SSSR count). The molecule has 0 radical (unpaired) electrons. The first-order valence-corrected chi connectivity index (χ1v) is 8.58. The van der Waals surface area contributed by atoms with Crippen molar-refractivity contribution in [1.82, 2.24) is 25.1 Å². The maximum absolute atomic E-state index is 6.24. The lowest BCUT2D eigenvalue weighted by Crippen LogP contribution is -2.05. The van der Waals surface area contributed by atoms with Gasteiger partial charge in [0.25, 0.3) is 5.89 Å². The standard InChI is InChI=1S/C18H15ClN6O2/c1-2-26-14-6-4-3-5-13(14)25-16(20)15(22-24-25)18-21-17(23-27-18)11-7-9-12(19)10-8-11/h3-10H,2,20H2,1H3. The van der Waals surface area contributed by atoms with E-state index in [9.17, 15) is 0 Å². The summed E-state index contributed by atoms with van der Waals surface area (Å²) < 4.78 is 12.4. The Bertz CT molecular complexity index is 1070. The van der Waals surface area contributed by atoms with E-state index in [0.29, 0.717) is 34.6 Å². The monoisotopic (exact) mass is 382 g/mol. The van der Waals surface area contributed by atoms with E-state index >= 15 is 0 Å². The van der Waals surface area contributed by atoms with Crippen molar-refractivity contribution in [2.45, 2.75) is 6.92 Å². The van der Waals surface area contributed by atoms with Crippen molar-refractivity contribution in [3.8, 4) is 34.4 Å². The van der Waals surface area contributed by atoms with Crippen LogP contribution in [0.3, 0.4) is 0 Å². The first-order valence-electron chi connectivity index (χ1n) is 8.20. The minimum absolute atomic E-state index is 0.178. The number of aromatic nitrogens is 5. The zero-order chi connectivity index (χ0) is 18.8. The third kappa shape index (κ3) is 3.22. The first-order chi connectivity index (χ1) is 13.2. The number of hydrogen-bond acceptors (Lipinski definition) is 7. The molecule has 8 nitrogen and oxygen atoms in total. The van der Waals surface area contributed by atoms with Crippen LogP contribution in [0, 0.1) is 0 Å². The fourth-order valence-electron chi connectivity index (χ4n) is 2.57. The molecular formula is C18H15ClN6O2. The molecule has 2 N–H and O–H groups in total. The predicted octanol–water partition coefficient (Wildman–Crippen LogP) is 3.62. The van der Waals surface area contributed by atoms with Crippen LogP contribution in [0.5, 0.6) is 5.75 Å². The van der Waals surface area contributed by atoms with Gasteiger partial charge in [-0.25, -0.2) is 0 Å². The average Bonchev–Trinajstić information content (AvgIpc) is 3.30. The van der Waals surface area contributed by atoms with Crippen molar-refractivity contribution < 1.29 is 9.26 Å². The van der Waals surface area contributed by atoms with E-state index < -0.39 is 0 Å². The van der Waals surface area contributed by atoms with Crippen LogP contribution >= 0.6 is 11.6 Å². The van der Waals surface area contributed by atoms with Gasteiger partial charge in [-0.15, -0.1) is 5.10 Å². The highest BCUT2D eigenvalue weighted by Gasteiger charge is 2.21. The van der Waals surface area contributed by atoms with Gasteiger partial charge < -0.3 is 15.0 Å². The van der Waals surface area contributed by atoms with E-state index in [1.165, 1.54) is 4.68 Å². The van der Waals surface area contributed by atoms with Crippen molar-refractivity contribution in [3.63, 3.8) is 0 Å². The lowest BCUT2D eigenvalue weighted by atomic mass is 10.2. The Balaban J connectivity index is 1.70. The first kappa shape index (κ1) is 17.0. The normalized spacial score (nSPS) is 10.9. The molecule has 0 aliphatic carbocycles. The molecule has 0 fully saturated rings. The van der Waals surface area contributed by atoms with Gasteiger partial charge in [-0.1, -0.05) is 34.1 Å². The molecule has 0 unspecified atom stereocenters. The highest BCUT2D eigenvalue weighted by molar-refractivity contribution is 6.30. The summed E-state index contributed by atoms with van der Waals surface area (Å²) in [5.74, 6) is 1.51. The van der Waals surface area contributed by atoms with Crippen molar-refractivity contribution in [3.05, 3.63) is 53.6 Å². The molecule has 0 saturated carbocycles. The van der Waals surface area contributed by atoms with Crippen LogP contribution in [-0.4, -0.2) is 31.7 Å². The van der Waals surface area contributed by atoms with Gasteiger partial charge in [0.15, 0.2) is 11.5 Å². The van der Waals surface area contributed by atoms with Crippen LogP contribution in [0.15, 0.2) is 53.1 Å². The Morgan fingerprint density at radius 3 is 2.70 bits per heavy atom. The second kappa shape index (κ2) is 7.08. The third-order valence-corrected chi connectivity index (χ3v) is 4.08. The molecule has 0 aliphatic heterocycles. The molecule has 4 aromatic rings. The van der Waals surface area contributed by atoms with E-state index in [2.05, 4.69) is 20.5 Å². The Labute approximate surface area is 159 Å². The molecule has 2 aromatic carbocycles. The van der Waals surface area contributed by atoms with Gasteiger partial charge in [-0.2, -0.15) is 9.67 Å². The summed E-state index contributed by atoms with van der Waals surface area (Å²) in [6.07, 6.45) is 0. The molecule has 0 atom stereocenters. The van der Waals surface area contributed by atoms with Crippen LogP contribution in [0.4, 0.5) is 5.82 Å². The number of nitrogens with zero attached hydrogens (tertiary/aromatic N) is 5. The summed E-state index contributed by atoms with van der Waals surface area (Å²) in [7, 11) is 0.